The number of aliphatic carboxylic acids is 1. The van der Waals surface area contributed by atoms with Crippen molar-refractivity contribution >= 4 is 12.0 Å². The van der Waals surface area contributed by atoms with Gasteiger partial charge in [0.15, 0.2) is 0 Å². The first-order chi connectivity index (χ1) is 10.1. The van der Waals surface area contributed by atoms with Crippen LogP contribution in [0.2, 0.25) is 0 Å². The molecule has 1 saturated heterocycles. The van der Waals surface area contributed by atoms with Crippen molar-refractivity contribution in [3.63, 3.8) is 0 Å². The topological polar surface area (TPSA) is 60.8 Å². The molecule has 0 amide bonds. The molecule has 0 radical (unpaired) electrons. The van der Waals surface area contributed by atoms with Gasteiger partial charge in [-0.05, 0) is 48.7 Å². The zero-order valence-electron chi connectivity index (χ0n) is 11.8. The van der Waals surface area contributed by atoms with Crippen LogP contribution in [0.5, 0.6) is 0 Å². The molecule has 1 heterocycles. The molecule has 0 spiro atoms. The Morgan fingerprint density at radius 1 is 1.43 bits per heavy atom. The molecule has 1 aromatic rings. The summed E-state index contributed by atoms with van der Waals surface area (Å²) >= 11 is 0. The second-order valence-electron chi connectivity index (χ2n) is 5.32. The summed E-state index contributed by atoms with van der Waals surface area (Å²) in [7, 11) is 0. The van der Waals surface area contributed by atoms with Gasteiger partial charge in [0.1, 0.15) is 5.82 Å². The van der Waals surface area contributed by atoms with Crippen LogP contribution in [-0.4, -0.2) is 40.3 Å². The van der Waals surface area contributed by atoms with Gasteiger partial charge in [0, 0.05) is 18.7 Å². The minimum atomic E-state index is -1.06. The molecule has 21 heavy (non-hydrogen) atoms. The molecule has 1 aliphatic heterocycles. The normalized spacial score (nSPS) is 20.0. The third-order valence-corrected chi connectivity index (χ3v) is 3.85. The van der Waals surface area contributed by atoms with Crippen molar-refractivity contribution in [3.8, 4) is 0 Å². The van der Waals surface area contributed by atoms with Gasteiger partial charge in [0.25, 0.3) is 0 Å². The fourth-order valence-electron chi connectivity index (χ4n) is 2.72. The average molecular weight is 293 g/mol. The molecule has 114 valence electrons. The number of hydrogen-bond acceptors (Lipinski definition) is 3. The Bertz CT molecular complexity index is 530. The molecular formula is C16H20FNO3. The van der Waals surface area contributed by atoms with Gasteiger partial charge in [0.2, 0.25) is 0 Å². The lowest BCUT2D eigenvalue weighted by atomic mass is 10.00. The van der Waals surface area contributed by atoms with E-state index < -0.39 is 5.97 Å². The van der Waals surface area contributed by atoms with Crippen molar-refractivity contribution in [1.29, 1.82) is 0 Å². The summed E-state index contributed by atoms with van der Waals surface area (Å²) in [5, 5.41) is 18.1. The zero-order chi connectivity index (χ0) is 15.2. The van der Waals surface area contributed by atoms with E-state index in [1.54, 1.807) is 6.07 Å². The molecule has 1 atom stereocenters. The summed E-state index contributed by atoms with van der Waals surface area (Å²) in [5.41, 5.74) is 1.44. The highest BCUT2D eigenvalue weighted by atomic mass is 19.1. The van der Waals surface area contributed by atoms with Crippen molar-refractivity contribution in [2.24, 2.45) is 0 Å². The molecule has 2 N–H and O–H groups in total. The Morgan fingerprint density at radius 3 is 2.95 bits per heavy atom. The highest BCUT2D eigenvalue weighted by Crippen LogP contribution is 2.22. The number of carbonyl (C=O) groups is 1. The lowest BCUT2D eigenvalue weighted by Gasteiger charge is -2.34. The molecule has 0 aliphatic carbocycles. The van der Waals surface area contributed by atoms with Gasteiger partial charge in [-0.25, -0.2) is 9.18 Å². The number of halogens is 1. The highest BCUT2D eigenvalue weighted by Gasteiger charge is 2.22. The first-order valence-electron chi connectivity index (χ1n) is 7.14. The number of hydrogen-bond donors (Lipinski definition) is 2. The van der Waals surface area contributed by atoms with E-state index >= 15 is 0 Å². The Kier molecular flexibility index (Phi) is 5.47. The molecule has 0 saturated carbocycles. The number of aliphatic hydroxyl groups excluding tert-OH is 1. The molecule has 0 aromatic heterocycles. The van der Waals surface area contributed by atoms with E-state index in [0.29, 0.717) is 12.1 Å². The van der Waals surface area contributed by atoms with Gasteiger partial charge >= 0.3 is 5.97 Å². The Hall–Kier alpha value is -1.72. The van der Waals surface area contributed by atoms with Crippen LogP contribution < -0.4 is 0 Å². The Morgan fingerprint density at radius 2 is 2.24 bits per heavy atom. The second kappa shape index (κ2) is 7.33. The molecule has 4 nitrogen and oxygen atoms in total. The fraction of sp³-hybridized carbons (Fsp3) is 0.438. The third-order valence-electron chi connectivity index (χ3n) is 3.85. The predicted octanol–water partition coefficient (Wildman–Crippen LogP) is 2.27. The van der Waals surface area contributed by atoms with E-state index in [2.05, 4.69) is 4.90 Å². The largest absolute Gasteiger partial charge is 0.478 e. The molecule has 2 rings (SSSR count). The van der Waals surface area contributed by atoms with Crippen LogP contribution >= 0.6 is 0 Å². The molecular weight excluding hydrogens is 273 g/mol. The van der Waals surface area contributed by atoms with E-state index in [0.717, 1.165) is 37.4 Å². The van der Waals surface area contributed by atoms with E-state index in [4.69, 9.17) is 5.11 Å². The first-order valence-corrected chi connectivity index (χ1v) is 7.14. The number of piperidine rings is 1. The van der Waals surface area contributed by atoms with Crippen LogP contribution in [0.25, 0.3) is 6.08 Å². The van der Waals surface area contributed by atoms with Crippen LogP contribution in [0, 0.1) is 5.82 Å². The summed E-state index contributed by atoms with van der Waals surface area (Å²) in [6.45, 7) is 1.59. The van der Waals surface area contributed by atoms with E-state index in [9.17, 15) is 14.3 Å². The van der Waals surface area contributed by atoms with Gasteiger partial charge < -0.3 is 10.2 Å². The molecule has 1 aliphatic rings. The summed E-state index contributed by atoms with van der Waals surface area (Å²) in [6, 6.07) is 4.53. The van der Waals surface area contributed by atoms with Gasteiger partial charge in [-0.3, -0.25) is 4.90 Å². The van der Waals surface area contributed by atoms with E-state index in [1.165, 1.54) is 18.2 Å². The van der Waals surface area contributed by atoms with Crippen LogP contribution in [0.15, 0.2) is 24.3 Å². The maximum absolute atomic E-state index is 13.4. The van der Waals surface area contributed by atoms with Gasteiger partial charge in [-0.1, -0.05) is 12.5 Å². The number of carboxylic acids is 1. The highest BCUT2D eigenvalue weighted by molar-refractivity contribution is 5.85. The summed E-state index contributed by atoms with van der Waals surface area (Å²) < 4.78 is 13.4. The van der Waals surface area contributed by atoms with Crippen molar-refractivity contribution in [2.45, 2.75) is 31.8 Å². The quantitative estimate of drug-likeness (QED) is 0.818. The molecule has 5 heteroatoms. The molecule has 0 bridgehead atoms. The van der Waals surface area contributed by atoms with Crippen molar-refractivity contribution in [2.75, 3.05) is 13.2 Å². The van der Waals surface area contributed by atoms with Gasteiger partial charge in [0.05, 0.1) is 6.61 Å². The van der Waals surface area contributed by atoms with Gasteiger partial charge in [-0.15, -0.1) is 0 Å². The number of aliphatic hydroxyl groups is 1. The average Bonchev–Trinajstić information content (AvgIpc) is 2.48. The van der Waals surface area contributed by atoms with Crippen LogP contribution in [0.1, 0.15) is 30.4 Å². The number of rotatable bonds is 5. The molecule has 1 fully saturated rings. The summed E-state index contributed by atoms with van der Waals surface area (Å²) in [6.07, 6.45) is 5.57. The second-order valence-corrected chi connectivity index (χ2v) is 5.32. The number of carboxylic acid groups (broad SMARTS) is 1. The lowest BCUT2D eigenvalue weighted by molar-refractivity contribution is -0.131. The minimum Gasteiger partial charge on any atom is -0.478 e. The number of benzene rings is 1. The number of nitrogens with zero attached hydrogens (tertiary/aromatic N) is 1. The first kappa shape index (κ1) is 15.7. The predicted molar refractivity (Wildman–Crippen MR) is 78.2 cm³/mol. The summed E-state index contributed by atoms with van der Waals surface area (Å²) in [5.74, 6) is -1.45. The Balaban J connectivity index is 2.20. The van der Waals surface area contributed by atoms with Gasteiger partial charge in [-0.2, -0.15) is 0 Å². The standard InChI is InChI=1S/C16H20FNO3/c17-14-6-4-13(12(9-14)5-7-16(20)21)10-18-8-2-1-3-15(18)11-19/h4-7,9,15,19H,1-3,8,10-11H2,(H,20,21). The zero-order valence-corrected chi connectivity index (χ0v) is 11.8. The van der Waals surface area contributed by atoms with E-state index in [1.807, 2.05) is 0 Å². The SMILES string of the molecule is O=C(O)C=Cc1cc(F)ccc1CN1CCCCC1CO. The maximum Gasteiger partial charge on any atom is 0.328 e. The van der Waals surface area contributed by atoms with Crippen molar-refractivity contribution in [1.82, 2.24) is 4.90 Å². The lowest BCUT2D eigenvalue weighted by Crippen LogP contribution is -2.41. The molecule has 1 aromatic carbocycles. The Labute approximate surface area is 123 Å². The number of likely N-dealkylation sites (tertiary alicyclic amines) is 1. The smallest absolute Gasteiger partial charge is 0.328 e. The van der Waals surface area contributed by atoms with Crippen LogP contribution in [0.3, 0.4) is 0 Å². The van der Waals surface area contributed by atoms with E-state index in [-0.39, 0.29) is 18.5 Å². The fourth-order valence-corrected chi connectivity index (χ4v) is 2.72. The summed E-state index contributed by atoms with van der Waals surface area (Å²) in [4.78, 5) is 12.8. The molecule has 1 unspecified atom stereocenters. The minimum absolute atomic E-state index is 0.113. The third kappa shape index (κ3) is 4.37. The van der Waals surface area contributed by atoms with Crippen molar-refractivity contribution < 1.29 is 19.4 Å². The monoisotopic (exact) mass is 293 g/mol. The van der Waals surface area contributed by atoms with Crippen molar-refractivity contribution in [3.05, 3.63) is 41.2 Å². The van der Waals surface area contributed by atoms with Crippen LogP contribution in [0.4, 0.5) is 4.39 Å². The van der Waals surface area contributed by atoms with Crippen LogP contribution in [-0.2, 0) is 11.3 Å². The maximum atomic E-state index is 13.4.